The Balaban J connectivity index is 1.42. The highest BCUT2D eigenvalue weighted by Gasteiger charge is 2.26. The van der Waals surface area contributed by atoms with Crippen molar-refractivity contribution in [2.24, 2.45) is 0 Å². The second-order valence-electron chi connectivity index (χ2n) is 9.04. The Morgan fingerprint density at radius 2 is 1.82 bits per heavy atom. The average Bonchev–Trinajstić information content (AvgIpc) is 3.58. The zero-order valence-corrected chi connectivity index (χ0v) is 22.8. The third-order valence-corrected chi connectivity index (χ3v) is 7.44. The van der Waals surface area contributed by atoms with E-state index >= 15 is 0 Å². The molecule has 0 saturated heterocycles. The molecule has 3 aromatic carbocycles. The number of hydrogen-bond acceptors (Lipinski definition) is 7. The number of aromatic nitrogens is 3. The lowest BCUT2D eigenvalue weighted by molar-refractivity contribution is -0.116. The van der Waals surface area contributed by atoms with Crippen LogP contribution in [-0.2, 0) is 17.8 Å². The molecule has 10 heteroatoms. The van der Waals surface area contributed by atoms with Gasteiger partial charge in [-0.3, -0.25) is 14.2 Å². The number of hydrogen-bond donors (Lipinski definition) is 1. The van der Waals surface area contributed by atoms with Gasteiger partial charge in [-0.15, -0.1) is 10.2 Å². The highest BCUT2D eigenvalue weighted by atomic mass is 32.2. The SMILES string of the molecule is COc1ccc(OC)c(-n2c(CNC(=O)c3cccc(C)c3)nnc2SCC(=O)N2CCc3ccccc32)c1. The van der Waals surface area contributed by atoms with Crippen molar-refractivity contribution >= 4 is 29.3 Å². The van der Waals surface area contributed by atoms with E-state index in [0.717, 1.165) is 17.7 Å². The summed E-state index contributed by atoms with van der Waals surface area (Å²) in [6.45, 7) is 2.72. The topological polar surface area (TPSA) is 98.6 Å². The first-order valence-electron chi connectivity index (χ1n) is 12.5. The highest BCUT2D eigenvalue weighted by molar-refractivity contribution is 7.99. The first-order chi connectivity index (χ1) is 19.0. The number of nitrogens with one attached hydrogen (secondary N) is 1. The van der Waals surface area contributed by atoms with Gasteiger partial charge in [0.25, 0.3) is 5.91 Å². The third-order valence-electron chi connectivity index (χ3n) is 6.53. The van der Waals surface area contributed by atoms with Gasteiger partial charge < -0.3 is 19.7 Å². The quantitative estimate of drug-likeness (QED) is 0.316. The molecule has 0 bridgehead atoms. The lowest BCUT2D eigenvalue weighted by atomic mass is 10.1. The number of anilines is 1. The molecule has 0 fully saturated rings. The zero-order valence-electron chi connectivity index (χ0n) is 22.0. The van der Waals surface area contributed by atoms with E-state index in [0.29, 0.717) is 40.3 Å². The normalized spacial score (nSPS) is 12.2. The fourth-order valence-corrected chi connectivity index (χ4v) is 5.41. The lowest BCUT2D eigenvalue weighted by Gasteiger charge is -2.18. The van der Waals surface area contributed by atoms with Crippen molar-refractivity contribution in [1.29, 1.82) is 0 Å². The van der Waals surface area contributed by atoms with Gasteiger partial charge in [0.05, 0.1) is 32.2 Å². The number of fused-ring (bicyclic) bond motifs is 1. The summed E-state index contributed by atoms with van der Waals surface area (Å²) in [7, 11) is 3.17. The van der Waals surface area contributed by atoms with Crippen LogP contribution in [-0.4, -0.2) is 53.1 Å². The molecule has 1 aliphatic heterocycles. The van der Waals surface area contributed by atoms with Gasteiger partial charge in [0.2, 0.25) is 5.91 Å². The number of nitrogens with zero attached hydrogens (tertiary/aromatic N) is 4. The largest absolute Gasteiger partial charge is 0.497 e. The van der Waals surface area contributed by atoms with Gasteiger partial charge in [-0.05, 0) is 49.2 Å². The molecule has 0 saturated carbocycles. The second kappa shape index (κ2) is 11.6. The number of thioether (sulfide) groups is 1. The molecular formula is C29H29N5O4S. The van der Waals surface area contributed by atoms with E-state index in [4.69, 9.17) is 9.47 Å². The van der Waals surface area contributed by atoms with Gasteiger partial charge in [0, 0.05) is 23.9 Å². The van der Waals surface area contributed by atoms with Crippen molar-refractivity contribution in [3.63, 3.8) is 0 Å². The van der Waals surface area contributed by atoms with Crippen molar-refractivity contribution < 1.29 is 19.1 Å². The van der Waals surface area contributed by atoms with Gasteiger partial charge in [0.1, 0.15) is 11.5 Å². The van der Waals surface area contributed by atoms with Gasteiger partial charge in [-0.1, -0.05) is 47.7 Å². The first kappa shape index (κ1) is 26.3. The summed E-state index contributed by atoms with van der Waals surface area (Å²) >= 11 is 1.29. The van der Waals surface area contributed by atoms with Crippen LogP contribution < -0.4 is 19.7 Å². The monoisotopic (exact) mass is 543 g/mol. The molecule has 1 aliphatic rings. The van der Waals surface area contributed by atoms with E-state index in [2.05, 4.69) is 21.6 Å². The predicted molar refractivity (Wildman–Crippen MR) is 150 cm³/mol. The molecule has 1 N–H and O–H groups in total. The molecular weight excluding hydrogens is 514 g/mol. The predicted octanol–water partition coefficient (Wildman–Crippen LogP) is 4.20. The maximum atomic E-state index is 13.2. The van der Waals surface area contributed by atoms with Crippen LogP contribution in [0.25, 0.3) is 5.69 Å². The molecule has 2 amide bonds. The van der Waals surface area contributed by atoms with Crippen LogP contribution in [0.2, 0.25) is 0 Å². The van der Waals surface area contributed by atoms with Crippen LogP contribution in [0, 0.1) is 6.92 Å². The Labute approximate surface area is 231 Å². The van der Waals surface area contributed by atoms with E-state index in [1.165, 1.54) is 17.3 Å². The lowest BCUT2D eigenvalue weighted by Crippen LogP contribution is -2.30. The van der Waals surface area contributed by atoms with Gasteiger partial charge in [-0.25, -0.2) is 0 Å². The van der Waals surface area contributed by atoms with Crippen molar-refractivity contribution in [2.45, 2.75) is 25.0 Å². The number of carbonyl (C=O) groups is 2. The summed E-state index contributed by atoms with van der Waals surface area (Å²) < 4.78 is 12.9. The number of carbonyl (C=O) groups excluding carboxylic acids is 2. The minimum absolute atomic E-state index is 0.00796. The van der Waals surface area contributed by atoms with Crippen molar-refractivity contribution in [1.82, 2.24) is 20.1 Å². The summed E-state index contributed by atoms with van der Waals surface area (Å²) in [4.78, 5) is 27.9. The first-order valence-corrected chi connectivity index (χ1v) is 13.5. The van der Waals surface area contributed by atoms with E-state index in [-0.39, 0.29) is 24.1 Å². The Morgan fingerprint density at radius 1 is 0.974 bits per heavy atom. The molecule has 0 atom stereocenters. The Hall–Kier alpha value is -4.31. The van der Waals surface area contributed by atoms with Gasteiger partial charge in [-0.2, -0.15) is 0 Å². The van der Waals surface area contributed by atoms with Crippen LogP contribution in [0.15, 0.2) is 71.9 Å². The smallest absolute Gasteiger partial charge is 0.251 e. The maximum absolute atomic E-state index is 13.2. The Morgan fingerprint density at radius 3 is 2.62 bits per heavy atom. The summed E-state index contributed by atoms with van der Waals surface area (Å²) in [6.07, 6.45) is 0.842. The minimum Gasteiger partial charge on any atom is -0.497 e. The standard InChI is InChI=1S/C29H29N5O4S/c1-19-7-6-9-21(15-19)28(36)30-17-26-31-32-29(34(26)24-16-22(37-2)11-12-25(24)38-3)39-18-27(35)33-14-13-20-8-4-5-10-23(20)33/h4-12,15-16H,13-14,17-18H2,1-3H3,(H,30,36). The zero-order chi connectivity index (χ0) is 27.4. The molecule has 5 rings (SSSR count). The minimum atomic E-state index is -0.220. The Bertz CT molecular complexity index is 1520. The number of ether oxygens (including phenoxy) is 2. The van der Waals surface area contributed by atoms with Crippen molar-refractivity contribution in [2.75, 3.05) is 31.4 Å². The molecule has 1 aromatic heterocycles. The van der Waals surface area contributed by atoms with Crippen LogP contribution in [0.5, 0.6) is 11.5 Å². The van der Waals surface area contributed by atoms with Gasteiger partial charge in [0.15, 0.2) is 11.0 Å². The molecule has 0 spiro atoms. The molecule has 9 nitrogen and oxygen atoms in total. The van der Waals surface area contributed by atoms with Crippen LogP contribution in [0.1, 0.15) is 27.3 Å². The molecule has 39 heavy (non-hydrogen) atoms. The second-order valence-corrected chi connectivity index (χ2v) is 9.98. The number of benzene rings is 3. The summed E-state index contributed by atoms with van der Waals surface area (Å²) in [5, 5.41) is 12.2. The number of methoxy groups -OCH3 is 2. The summed E-state index contributed by atoms with van der Waals surface area (Å²) in [5.41, 5.74) is 4.33. The fourth-order valence-electron chi connectivity index (χ4n) is 4.57. The van der Waals surface area contributed by atoms with Gasteiger partial charge >= 0.3 is 0 Å². The highest BCUT2D eigenvalue weighted by Crippen LogP contribution is 2.33. The number of aryl methyl sites for hydroxylation is 1. The van der Waals surface area contributed by atoms with E-state index in [9.17, 15) is 9.59 Å². The maximum Gasteiger partial charge on any atom is 0.251 e. The average molecular weight is 544 g/mol. The van der Waals surface area contributed by atoms with E-state index in [1.54, 1.807) is 37.0 Å². The number of rotatable bonds is 9. The molecule has 200 valence electrons. The summed E-state index contributed by atoms with van der Waals surface area (Å²) in [6, 6.07) is 20.8. The number of amides is 2. The molecule has 0 unspecified atom stereocenters. The molecule has 0 radical (unpaired) electrons. The van der Waals surface area contributed by atoms with Crippen molar-refractivity contribution in [3.8, 4) is 17.2 Å². The summed E-state index contributed by atoms with van der Waals surface area (Å²) in [5.74, 6) is 1.63. The molecule has 4 aromatic rings. The third kappa shape index (κ3) is 5.61. The number of para-hydroxylation sites is 1. The van der Waals surface area contributed by atoms with Crippen molar-refractivity contribution in [3.05, 3.63) is 89.2 Å². The molecule has 0 aliphatic carbocycles. The van der Waals surface area contributed by atoms with E-state index < -0.39 is 0 Å². The molecule has 2 heterocycles. The fraction of sp³-hybridized carbons (Fsp3) is 0.241. The van der Waals surface area contributed by atoms with E-state index in [1.807, 2.05) is 54.3 Å². The van der Waals surface area contributed by atoms with Crippen LogP contribution >= 0.6 is 11.8 Å². The Kier molecular flexibility index (Phi) is 7.83. The van der Waals surface area contributed by atoms with Crippen LogP contribution in [0.3, 0.4) is 0 Å². The van der Waals surface area contributed by atoms with Crippen LogP contribution in [0.4, 0.5) is 5.69 Å².